The Bertz CT molecular complexity index is 910. The van der Waals surface area contributed by atoms with Crippen LogP contribution in [-0.2, 0) is 11.2 Å². The van der Waals surface area contributed by atoms with Gasteiger partial charge in [-0.25, -0.2) is 0 Å². The molecule has 0 radical (unpaired) electrons. The third-order valence-electron chi connectivity index (χ3n) is 5.97. The summed E-state index contributed by atoms with van der Waals surface area (Å²) in [6, 6.07) is 14.7. The molecule has 0 spiro atoms. The van der Waals surface area contributed by atoms with Gasteiger partial charge in [-0.05, 0) is 69.0 Å². The first kappa shape index (κ1) is 16.9. The fourth-order valence-corrected chi connectivity index (χ4v) is 4.08. The number of rotatable bonds is 2. The first-order valence-electron chi connectivity index (χ1n) is 9.42. The molecule has 4 rings (SSSR count). The first-order valence-corrected chi connectivity index (χ1v) is 9.42. The second-order valence-electron chi connectivity index (χ2n) is 7.88. The summed E-state index contributed by atoms with van der Waals surface area (Å²) in [7, 11) is 2.17. The largest absolute Gasteiger partial charge is 0.369 e. The van der Waals surface area contributed by atoms with E-state index in [9.17, 15) is 4.79 Å². The Morgan fingerprint density at radius 3 is 2.65 bits per heavy atom. The minimum absolute atomic E-state index is 0.102. The molecule has 2 aliphatic heterocycles. The molecule has 0 aliphatic carbocycles. The van der Waals surface area contributed by atoms with Gasteiger partial charge in [-0.2, -0.15) is 0 Å². The van der Waals surface area contributed by atoms with Crippen molar-refractivity contribution in [2.75, 3.05) is 23.4 Å². The van der Waals surface area contributed by atoms with Crippen molar-refractivity contribution in [3.05, 3.63) is 59.2 Å². The number of benzene rings is 2. The molecule has 26 heavy (non-hydrogen) atoms. The maximum atomic E-state index is 12.9. The molecule has 0 saturated carbocycles. The minimum atomic E-state index is 0.102. The predicted molar refractivity (Wildman–Crippen MR) is 110 cm³/mol. The molecule has 2 aromatic rings. The van der Waals surface area contributed by atoms with Gasteiger partial charge in [0.25, 0.3) is 5.91 Å². The van der Waals surface area contributed by atoms with Crippen molar-refractivity contribution in [1.82, 2.24) is 0 Å². The van der Waals surface area contributed by atoms with E-state index in [2.05, 4.69) is 50.1 Å². The number of aryl methyl sites for hydroxylation is 1. The summed E-state index contributed by atoms with van der Waals surface area (Å²) >= 11 is 0. The zero-order valence-electron chi connectivity index (χ0n) is 16.0. The molecule has 2 aromatic carbocycles. The Balaban J connectivity index is 1.75. The number of nitrogens with zero attached hydrogens (tertiary/aromatic N) is 2. The minimum Gasteiger partial charge on any atom is -0.369 e. The highest BCUT2D eigenvalue weighted by atomic mass is 16.2. The molecule has 1 amide bonds. The Labute approximate surface area is 155 Å². The fourth-order valence-electron chi connectivity index (χ4n) is 4.08. The molecule has 2 heterocycles. The van der Waals surface area contributed by atoms with Crippen molar-refractivity contribution in [2.24, 2.45) is 0 Å². The summed E-state index contributed by atoms with van der Waals surface area (Å²) in [5.74, 6) is 0.102. The zero-order chi connectivity index (χ0) is 18.5. The van der Waals surface area contributed by atoms with Crippen LogP contribution in [0.5, 0.6) is 0 Å². The zero-order valence-corrected chi connectivity index (χ0v) is 16.0. The van der Waals surface area contributed by atoms with Gasteiger partial charge in [0, 0.05) is 36.0 Å². The second-order valence-corrected chi connectivity index (χ2v) is 7.88. The number of carbonyl (C=O) groups excluding carboxylic acids is 1. The van der Waals surface area contributed by atoms with Gasteiger partial charge in [-0.1, -0.05) is 24.3 Å². The normalized spacial score (nSPS) is 19.7. The molecule has 0 aromatic heterocycles. The fraction of sp³-hybridized carbons (Fsp3) is 0.348. The Morgan fingerprint density at radius 2 is 1.88 bits per heavy atom. The summed E-state index contributed by atoms with van der Waals surface area (Å²) < 4.78 is 0. The van der Waals surface area contributed by atoms with Crippen LogP contribution < -0.4 is 9.80 Å². The van der Waals surface area contributed by atoms with Crippen molar-refractivity contribution < 1.29 is 4.79 Å². The topological polar surface area (TPSA) is 23.6 Å². The van der Waals surface area contributed by atoms with Crippen LogP contribution >= 0.6 is 0 Å². The van der Waals surface area contributed by atoms with Crippen LogP contribution in [0.1, 0.15) is 43.9 Å². The lowest BCUT2D eigenvalue weighted by Crippen LogP contribution is -2.44. The van der Waals surface area contributed by atoms with Gasteiger partial charge in [0.2, 0.25) is 0 Å². The molecule has 0 N–H and O–H groups in total. The standard InChI is InChI=1S/C23H26N2O/c1-5-25-21-9-7-6-8-18(21)19(22(25)26)15-16-10-11-20-17(14-16)12-13-23(2,3)24(20)4/h6-11,14-15H,5,12-13H2,1-4H3/b19-15-. The van der Waals surface area contributed by atoms with Gasteiger partial charge in [-0.3, -0.25) is 4.79 Å². The van der Waals surface area contributed by atoms with E-state index in [1.807, 2.05) is 36.1 Å². The van der Waals surface area contributed by atoms with Crippen molar-refractivity contribution >= 4 is 28.9 Å². The Kier molecular flexibility index (Phi) is 3.91. The lowest BCUT2D eigenvalue weighted by molar-refractivity contribution is -0.112. The number of hydrogen-bond donors (Lipinski definition) is 0. The molecule has 0 saturated heterocycles. The lowest BCUT2D eigenvalue weighted by atomic mass is 9.86. The quantitative estimate of drug-likeness (QED) is 0.732. The van der Waals surface area contributed by atoms with Crippen LogP contribution in [0.25, 0.3) is 11.6 Å². The summed E-state index contributed by atoms with van der Waals surface area (Å²) in [6.45, 7) is 7.30. The Morgan fingerprint density at radius 1 is 1.12 bits per heavy atom. The number of anilines is 2. The van der Waals surface area contributed by atoms with Crippen LogP contribution in [0.3, 0.4) is 0 Å². The van der Waals surface area contributed by atoms with E-state index >= 15 is 0 Å². The molecule has 3 nitrogen and oxygen atoms in total. The highest BCUT2D eigenvalue weighted by molar-refractivity contribution is 6.35. The van der Waals surface area contributed by atoms with E-state index < -0.39 is 0 Å². The van der Waals surface area contributed by atoms with Crippen molar-refractivity contribution in [3.63, 3.8) is 0 Å². The monoisotopic (exact) mass is 346 g/mol. The SMILES string of the molecule is CCN1C(=O)/C(=C\c2ccc3c(c2)CCC(C)(C)N3C)c2ccccc21. The molecule has 2 aliphatic rings. The highest BCUT2D eigenvalue weighted by Gasteiger charge is 2.32. The van der Waals surface area contributed by atoms with Crippen LogP contribution in [0.2, 0.25) is 0 Å². The summed E-state index contributed by atoms with van der Waals surface area (Å²) in [4.78, 5) is 17.1. The number of amides is 1. The van der Waals surface area contributed by atoms with Gasteiger partial charge in [-0.15, -0.1) is 0 Å². The third kappa shape index (κ3) is 2.54. The van der Waals surface area contributed by atoms with Gasteiger partial charge in [0.15, 0.2) is 0 Å². The Hall–Kier alpha value is -2.55. The van der Waals surface area contributed by atoms with Gasteiger partial charge >= 0.3 is 0 Å². The van der Waals surface area contributed by atoms with Crippen LogP contribution in [0.4, 0.5) is 11.4 Å². The van der Waals surface area contributed by atoms with E-state index in [4.69, 9.17) is 0 Å². The van der Waals surface area contributed by atoms with Gasteiger partial charge in [0.05, 0.1) is 5.69 Å². The molecule has 0 unspecified atom stereocenters. The van der Waals surface area contributed by atoms with Crippen LogP contribution in [-0.4, -0.2) is 25.0 Å². The van der Waals surface area contributed by atoms with E-state index in [-0.39, 0.29) is 11.4 Å². The lowest BCUT2D eigenvalue weighted by Gasteiger charge is -2.42. The van der Waals surface area contributed by atoms with Crippen molar-refractivity contribution in [3.8, 4) is 0 Å². The molecule has 0 fully saturated rings. The van der Waals surface area contributed by atoms with Gasteiger partial charge < -0.3 is 9.80 Å². The smallest absolute Gasteiger partial charge is 0.258 e. The van der Waals surface area contributed by atoms with E-state index in [0.29, 0.717) is 6.54 Å². The molecular formula is C23H26N2O. The predicted octanol–water partition coefficient (Wildman–Crippen LogP) is 4.75. The van der Waals surface area contributed by atoms with Crippen LogP contribution in [0, 0.1) is 0 Å². The number of fused-ring (bicyclic) bond motifs is 2. The van der Waals surface area contributed by atoms with Crippen molar-refractivity contribution in [1.29, 1.82) is 0 Å². The van der Waals surface area contributed by atoms with E-state index in [1.165, 1.54) is 11.3 Å². The summed E-state index contributed by atoms with van der Waals surface area (Å²) in [6.07, 6.45) is 4.27. The number of likely N-dealkylation sites (N-methyl/N-ethyl adjacent to an activating group) is 1. The average molecular weight is 346 g/mol. The maximum Gasteiger partial charge on any atom is 0.258 e. The molecule has 134 valence electrons. The average Bonchev–Trinajstić information content (AvgIpc) is 2.90. The molecular weight excluding hydrogens is 320 g/mol. The summed E-state index contributed by atoms with van der Waals surface area (Å²) in [5, 5.41) is 0. The maximum absolute atomic E-state index is 12.9. The van der Waals surface area contributed by atoms with Crippen LogP contribution in [0.15, 0.2) is 42.5 Å². The number of carbonyl (C=O) groups is 1. The second kappa shape index (κ2) is 6.01. The van der Waals surface area contributed by atoms with E-state index in [0.717, 1.165) is 35.2 Å². The first-order chi connectivity index (χ1) is 12.4. The van der Waals surface area contributed by atoms with Gasteiger partial charge in [0.1, 0.15) is 0 Å². The molecule has 3 heteroatoms. The molecule has 0 atom stereocenters. The number of para-hydroxylation sites is 1. The molecule has 0 bridgehead atoms. The van der Waals surface area contributed by atoms with Crippen molar-refractivity contribution in [2.45, 2.75) is 39.2 Å². The van der Waals surface area contributed by atoms with E-state index in [1.54, 1.807) is 0 Å². The third-order valence-corrected chi connectivity index (χ3v) is 5.97. The number of hydrogen-bond acceptors (Lipinski definition) is 2. The highest BCUT2D eigenvalue weighted by Crippen LogP contribution is 2.39. The summed E-state index contributed by atoms with van der Waals surface area (Å²) in [5.41, 5.74) is 6.82.